The van der Waals surface area contributed by atoms with Gasteiger partial charge in [0.15, 0.2) is 11.5 Å². The molecule has 1 aromatic heterocycles. The van der Waals surface area contributed by atoms with Crippen molar-refractivity contribution < 1.29 is 19.0 Å². The number of fused-ring (bicyclic) bond motifs is 1. The summed E-state index contributed by atoms with van der Waals surface area (Å²) in [6.07, 6.45) is 8.53. The normalized spacial score (nSPS) is 20.9. The predicted octanol–water partition coefficient (Wildman–Crippen LogP) is 3.98. The molecule has 0 atom stereocenters. The fourth-order valence-electron chi connectivity index (χ4n) is 3.37. The van der Waals surface area contributed by atoms with Gasteiger partial charge in [-0.05, 0) is 55.5 Å². The molecule has 0 spiro atoms. The zero-order chi connectivity index (χ0) is 19.3. The van der Waals surface area contributed by atoms with Crippen molar-refractivity contribution in [3.63, 3.8) is 0 Å². The van der Waals surface area contributed by atoms with Gasteiger partial charge in [0.2, 0.25) is 18.6 Å². The summed E-state index contributed by atoms with van der Waals surface area (Å²) in [5, 5.41) is 3.65. The van der Waals surface area contributed by atoms with E-state index in [4.69, 9.17) is 25.8 Å². The van der Waals surface area contributed by atoms with E-state index in [1.54, 1.807) is 30.5 Å². The lowest BCUT2D eigenvalue weighted by Crippen LogP contribution is -2.39. The van der Waals surface area contributed by atoms with E-state index in [2.05, 4.69) is 10.3 Å². The van der Waals surface area contributed by atoms with Crippen LogP contribution < -0.4 is 19.5 Å². The number of hydrogen-bond acceptors (Lipinski definition) is 5. The summed E-state index contributed by atoms with van der Waals surface area (Å²) in [6, 6.07) is 9.30. The molecule has 2 aromatic rings. The van der Waals surface area contributed by atoms with E-state index in [9.17, 15) is 4.79 Å². The van der Waals surface area contributed by atoms with Crippen LogP contribution in [0.3, 0.4) is 0 Å². The zero-order valence-corrected chi connectivity index (χ0v) is 16.0. The summed E-state index contributed by atoms with van der Waals surface area (Å²) in [5.41, 5.74) is 0.895. The zero-order valence-electron chi connectivity index (χ0n) is 15.3. The van der Waals surface area contributed by atoms with Gasteiger partial charge in [-0.3, -0.25) is 4.79 Å². The van der Waals surface area contributed by atoms with Crippen LogP contribution in [0.25, 0.3) is 6.08 Å². The van der Waals surface area contributed by atoms with E-state index in [-0.39, 0.29) is 24.8 Å². The monoisotopic (exact) mass is 400 g/mol. The minimum Gasteiger partial charge on any atom is -0.474 e. The smallest absolute Gasteiger partial charge is 0.244 e. The average Bonchev–Trinajstić information content (AvgIpc) is 3.17. The summed E-state index contributed by atoms with van der Waals surface area (Å²) in [5.74, 6) is 1.93. The van der Waals surface area contributed by atoms with Gasteiger partial charge in [-0.2, -0.15) is 0 Å². The summed E-state index contributed by atoms with van der Waals surface area (Å²) in [6.45, 7) is 0.240. The lowest BCUT2D eigenvalue weighted by Gasteiger charge is -2.28. The Kier molecular flexibility index (Phi) is 5.67. The predicted molar refractivity (Wildman–Crippen MR) is 106 cm³/mol. The van der Waals surface area contributed by atoms with E-state index in [0.29, 0.717) is 16.7 Å². The number of rotatable bonds is 5. The van der Waals surface area contributed by atoms with Gasteiger partial charge >= 0.3 is 0 Å². The van der Waals surface area contributed by atoms with E-state index in [1.165, 1.54) is 0 Å². The first-order valence-corrected chi connectivity index (χ1v) is 9.70. The molecule has 1 aliphatic heterocycles. The molecule has 1 aliphatic carbocycles. The van der Waals surface area contributed by atoms with Crippen molar-refractivity contribution in [3.8, 4) is 17.4 Å². The molecule has 146 valence electrons. The van der Waals surface area contributed by atoms with Gasteiger partial charge in [0.05, 0.1) is 5.02 Å². The molecule has 7 heteroatoms. The van der Waals surface area contributed by atoms with Crippen LogP contribution in [0.1, 0.15) is 31.2 Å². The Morgan fingerprint density at radius 3 is 2.75 bits per heavy atom. The summed E-state index contributed by atoms with van der Waals surface area (Å²) in [4.78, 5) is 16.4. The Labute approximate surface area is 168 Å². The van der Waals surface area contributed by atoms with Crippen LogP contribution in [0.5, 0.6) is 17.4 Å². The molecule has 1 fully saturated rings. The largest absolute Gasteiger partial charge is 0.474 e. The number of carbonyl (C=O) groups is 1. The molecule has 1 aromatic carbocycles. The minimum absolute atomic E-state index is 0.0959. The third kappa shape index (κ3) is 4.75. The van der Waals surface area contributed by atoms with E-state index in [0.717, 1.165) is 37.0 Å². The quantitative estimate of drug-likeness (QED) is 0.768. The van der Waals surface area contributed by atoms with Crippen molar-refractivity contribution in [1.29, 1.82) is 0 Å². The van der Waals surface area contributed by atoms with Crippen molar-refractivity contribution in [2.75, 3.05) is 6.79 Å². The molecule has 0 saturated heterocycles. The first-order chi connectivity index (χ1) is 13.7. The van der Waals surface area contributed by atoms with E-state index in [1.807, 2.05) is 18.2 Å². The Morgan fingerprint density at radius 1 is 1.14 bits per heavy atom. The molecule has 0 bridgehead atoms. The standard InChI is InChI=1S/C21H21ClN2O4/c22-15-3-10-21(23-12-15)28-17-6-4-16(5-7-17)24-20(25)9-2-14-1-8-18-19(11-14)27-13-26-18/h1-3,8-12,16-17H,4-7,13H2,(H,24,25)/b9-2+. The molecule has 28 heavy (non-hydrogen) atoms. The van der Waals surface area contributed by atoms with Crippen LogP contribution >= 0.6 is 11.6 Å². The van der Waals surface area contributed by atoms with Crippen LogP contribution in [0.4, 0.5) is 0 Å². The number of ether oxygens (including phenoxy) is 3. The number of benzene rings is 1. The van der Waals surface area contributed by atoms with Gasteiger partial charge < -0.3 is 19.5 Å². The Morgan fingerprint density at radius 2 is 1.96 bits per heavy atom. The highest BCUT2D eigenvalue weighted by atomic mass is 35.5. The average molecular weight is 401 g/mol. The Hall–Kier alpha value is -2.73. The van der Waals surface area contributed by atoms with Crippen molar-refractivity contribution >= 4 is 23.6 Å². The van der Waals surface area contributed by atoms with Gasteiger partial charge in [-0.25, -0.2) is 4.98 Å². The molecule has 2 aliphatic rings. The highest BCUT2D eigenvalue weighted by Crippen LogP contribution is 2.32. The SMILES string of the molecule is O=C(/C=C/c1ccc2c(c1)OCO2)NC1CCC(Oc2ccc(Cl)cn2)CC1. The molecule has 1 N–H and O–H groups in total. The van der Waals surface area contributed by atoms with E-state index >= 15 is 0 Å². The Bertz CT molecular complexity index is 861. The molecule has 1 saturated carbocycles. The van der Waals surface area contributed by atoms with Crippen molar-refractivity contribution in [3.05, 3.63) is 53.2 Å². The number of carbonyl (C=O) groups excluding carboxylic acids is 1. The summed E-state index contributed by atoms with van der Waals surface area (Å²) in [7, 11) is 0. The number of aromatic nitrogens is 1. The van der Waals surface area contributed by atoms with Crippen molar-refractivity contribution in [2.45, 2.75) is 37.8 Å². The third-order valence-corrected chi connectivity index (χ3v) is 5.06. The number of nitrogens with one attached hydrogen (secondary N) is 1. The van der Waals surface area contributed by atoms with Crippen LogP contribution in [0, 0.1) is 0 Å². The van der Waals surface area contributed by atoms with Crippen molar-refractivity contribution in [2.24, 2.45) is 0 Å². The first-order valence-electron chi connectivity index (χ1n) is 9.32. The topological polar surface area (TPSA) is 69.7 Å². The molecule has 1 amide bonds. The molecule has 0 unspecified atom stereocenters. The van der Waals surface area contributed by atoms with Gasteiger partial charge in [0.25, 0.3) is 0 Å². The lowest BCUT2D eigenvalue weighted by atomic mass is 9.93. The second kappa shape index (κ2) is 8.52. The summed E-state index contributed by atoms with van der Waals surface area (Å²) >= 11 is 5.84. The molecular formula is C21H21ClN2O4. The fraction of sp³-hybridized carbons (Fsp3) is 0.333. The Balaban J connectivity index is 1.23. The van der Waals surface area contributed by atoms with Crippen LogP contribution in [0.15, 0.2) is 42.6 Å². The number of hydrogen-bond donors (Lipinski definition) is 1. The highest BCUT2D eigenvalue weighted by Gasteiger charge is 2.23. The van der Waals surface area contributed by atoms with Crippen LogP contribution in [-0.2, 0) is 4.79 Å². The molecule has 2 heterocycles. The molecule has 4 rings (SSSR count). The molecular weight excluding hydrogens is 380 g/mol. The second-order valence-corrected chi connectivity index (χ2v) is 7.30. The van der Waals surface area contributed by atoms with Gasteiger partial charge in [0, 0.05) is 24.4 Å². The van der Waals surface area contributed by atoms with Crippen LogP contribution in [0.2, 0.25) is 5.02 Å². The lowest BCUT2D eigenvalue weighted by molar-refractivity contribution is -0.117. The van der Waals surface area contributed by atoms with Gasteiger partial charge in [-0.15, -0.1) is 0 Å². The second-order valence-electron chi connectivity index (χ2n) is 6.86. The van der Waals surface area contributed by atoms with E-state index < -0.39 is 0 Å². The molecule has 0 radical (unpaired) electrons. The maximum Gasteiger partial charge on any atom is 0.244 e. The summed E-state index contributed by atoms with van der Waals surface area (Å²) < 4.78 is 16.5. The van der Waals surface area contributed by atoms with Crippen molar-refractivity contribution in [1.82, 2.24) is 10.3 Å². The maximum absolute atomic E-state index is 12.2. The molecule has 6 nitrogen and oxygen atoms in total. The number of halogens is 1. The maximum atomic E-state index is 12.2. The third-order valence-electron chi connectivity index (χ3n) is 4.83. The van der Waals surface area contributed by atoms with Gasteiger partial charge in [0.1, 0.15) is 6.10 Å². The number of nitrogens with zero attached hydrogens (tertiary/aromatic N) is 1. The first kappa shape index (κ1) is 18.6. The number of pyridine rings is 1. The minimum atomic E-state index is -0.0959. The fourth-order valence-corrected chi connectivity index (χ4v) is 3.48. The van der Waals surface area contributed by atoms with Crippen LogP contribution in [-0.4, -0.2) is 29.8 Å². The van der Waals surface area contributed by atoms with Gasteiger partial charge in [-0.1, -0.05) is 17.7 Å². The highest BCUT2D eigenvalue weighted by molar-refractivity contribution is 6.30. The number of amides is 1.